The van der Waals surface area contributed by atoms with Gasteiger partial charge in [-0.05, 0) is 62.6 Å². The first-order valence-corrected chi connectivity index (χ1v) is 11.5. The number of rotatable bonds is 9. The quantitative estimate of drug-likeness (QED) is 0.612. The van der Waals surface area contributed by atoms with Crippen molar-refractivity contribution in [3.8, 4) is 5.75 Å². The maximum absolute atomic E-state index is 13.1. The van der Waals surface area contributed by atoms with Gasteiger partial charge in [0, 0.05) is 25.6 Å². The van der Waals surface area contributed by atoms with E-state index in [0.717, 1.165) is 49.8 Å². The number of nitrogens with one attached hydrogen (secondary N) is 1. The lowest BCUT2D eigenvalue weighted by Crippen LogP contribution is -2.44. The third-order valence-corrected chi connectivity index (χ3v) is 7.10. The van der Waals surface area contributed by atoms with Gasteiger partial charge in [-0.3, -0.25) is 14.5 Å². The Hall–Kier alpha value is -2.57. The van der Waals surface area contributed by atoms with Crippen LogP contribution in [0.2, 0.25) is 0 Å². The second-order valence-corrected chi connectivity index (χ2v) is 9.23. The van der Waals surface area contributed by atoms with Crippen LogP contribution in [0.15, 0.2) is 24.3 Å². The van der Waals surface area contributed by atoms with Crippen LogP contribution in [-0.4, -0.2) is 52.9 Å². The molecule has 168 valence electrons. The van der Waals surface area contributed by atoms with Gasteiger partial charge in [0.2, 0.25) is 5.91 Å². The van der Waals surface area contributed by atoms with Gasteiger partial charge in [-0.25, -0.2) is 4.79 Å². The molecule has 1 N–H and O–H groups in total. The lowest BCUT2D eigenvalue weighted by molar-refractivity contribution is -0.135. The molecule has 2 aliphatic carbocycles. The predicted octanol–water partition coefficient (Wildman–Crippen LogP) is 3.47. The zero-order valence-corrected chi connectivity index (χ0v) is 18.6. The van der Waals surface area contributed by atoms with Crippen LogP contribution in [0.25, 0.3) is 0 Å². The van der Waals surface area contributed by atoms with Crippen molar-refractivity contribution in [2.75, 3.05) is 13.7 Å². The average Bonchev–Trinajstić information content (AvgIpc) is 3.48. The molecule has 2 saturated carbocycles. The highest BCUT2D eigenvalue weighted by Gasteiger charge is 2.52. The van der Waals surface area contributed by atoms with Crippen LogP contribution in [0.3, 0.4) is 0 Å². The van der Waals surface area contributed by atoms with Crippen LogP contribution >= 0.6 is 0 Å². The van der Waals surface area contributed by atoms with E-state index in [2.05, 4.69) is 12.2 Å². The molecule has 4 rings (SSSR count). The van der Waals surface area contributed by atoms with Gasteiger partial charge in [-0.1, -0.05) is 25.0 Å². The topological polar surface area (TPSA) is 79.0 Å². The minimum absolute atomic E-state index is 0.0813. The van der Waals surface area contributed by atoms with Crippen molar-refractivity contribution in [2.24, 2.45) is 5.92 Å². The largest absolute Gasteiger partial charge is 0.497 e. The SMILES string of the molecule is COc1ccc(CN(C(=O)CCCN2C(=O)NC3(CCCC3)C2=O)C(C)C2CC2)cc1. The fraction of sp³-hybridized carbons (Fsp3) is 0.625. The normalized spacial score (nSPS) is 20.8. The number of methoxy groups -OCH3 is 1. The Morgan fingerprint density at radius 1 is 1.23 bits per heavy atom. The van der Waals surface area contributed by atoms with E-state index in [1.54, 1.807) is 7.11 Å². The van der Waals surface area contributed by atoms with E-state index in [9.17, 15) is 14.4 Å². The monoisotopic (exact) mass is 427 g/mol. The first kappa shape index (κ1) is 21.7. The van der Waals surface area contributed by atoms with Gasteiger partial charge in [-0.2, -0.15) is 0 Å². The zero-order chi connectivity index (χ0) is 22.0. The van der Waals surface area contributed by atoms with Crippen molar-refractivity contribution in [3.63, 3.8) is 0 Å². The second kappa shape index (κ2) is 8.89. The summed E-state index contributed by atoms with van der Waals surface area (Å²) < 4.78 is 5.23. The van der Waals surface area contributed by atoms with Crippen LogP contribution in [0.4, 0.5) is 4.79 Å². The number of carbonyl (C=O) groups is 3. The summed E-state index contributed by atoms with van der Waals surface area (Å²) in [6.07, 6.45) is 6.54. The van der Waals surface area contributed by atoms with Gasteiger partial charge in [0.05, 0.1) is 7.11 Å². The van der Waals surface area contributed by atoms with Crippen LogP contribution in [0.5, 0.6) is 5.75 Å². The molecule has 0 aromatic heterocycles. The fourth-order valence-electron chi connectivity index (χ4n) is 4.95. The maximum Gasteiger partial charge on any atom is 0.325 e. The first-order valence-electron chi connectivity index (χ1n) is 11.5. The number of amides is 4. The van der Waals surface area contributed by atoms with E-state index in [4.69, 9.17) is 4.74 Å². The Labute approximate surface area is 184 Å². The van der Waals surface area contributed by atoms with Crippen molar-refractivity contribution in [1.82, 2.24) is 15.1 Å². The third kappa shape index (κ3) is 4.55. The van der Waals surface area contributed by atoms with E-state index in [1.807, 2.05) is 29.2 Å². The van der Waals surface area contributed by atoms with E-state index >= 15 is 0 Å². The van der Waals surface area contributed by atoms with Crippen molar-refractivity contribution >= 4 is 17.8 Å². The molecule has 31 heavy (non-hydrogen) atoms. The molecule has 7 nitrogen and oxygen atoms in total. The van der Waals surface area contributed by atoms with Crippen molar-refractivity contribution < 1.29 is 19.1 Å². The Balaban J connectivity index is 1.35. The van der Waals surface area contributed by atoms with Gasteiger partial charge in [0.15, 0.2) is 0 Å². The van der Waals surface area contributed by atoms with Crippen LogP contribution in [0, 0.1) is 5.92 Å². The molecule has 1 aliphatic heterocycles. The average molecular weight is 428 g/mol. The third-order valence-electron chi connectivity index (χ3n) is 7.10. The summed E-state index contributed by atoms with van der Waals surface area (Å²) in [6.45, 7) is 2.99. The Morgan fingerprint density at radius 3 is 2.52 bits per heavy atom. The summed E-state index contributed by atoms with van der Waals surface area (Å²) in [6, 6.07) is 7.70. The summed E-state index contributed by atoms with van der Waals surface area (Å²) in [7, 11) is 1.64. The highest BCUT2D eigenvalue weighted by molar-refractivity contribution is 6.07. The highest BCUT2D eigenvalue weighted by atomic mass is 16.5. The lowest BCUT2D eigenvalue weighted by Gasteiger charge is -2.30. The number of carbonyl (C=O) groups excluding carboxylic acids is 3. The van der Waals surface area contributed by atoms with Gasteiger partial charge in [0.25, 0.3) is 5.91 Å². The standard InChI is InChI=1S/C24H33N3O4/c1-17(19-9-10-19)27(16-18-7-11-20(31-2)12-8-18)21(28)6-5-15-26-22(29)24(25-23(26)30)13-3-4-14-24/h7-8,11-12,17,19H,3-6,9-10,13-16H2,1-2H3,(H,25,30). The molecule has 0 bridgehead atoms. The Bertz CT molecular complexity index is 828. The molecule has 1 spiro atoms. The molecule has 4 amide bonds. The molecule has 1 aromatic carbocycles. The number of hydrogen-bond donors (Lipinski definition) is 1. The molecule has 3 aliphatic rings. The molecule has 0 radical (unpaired) electrons. The molecule has 1 saturated heterocycles. The number of hydrogen-bond acceptors (Lipinski definition) is 4. The summed E-state index contributed by atoms with van der Waals surface area (Å²) in [5, 5.41) is 2.91. The molecule has 7 heteroatoms. The van der Waals surface area contributed by atoms with Crippen LogP contribution < -0.4 is 10.1 Å². The maximum atomic E-state index is 13.1. The molecule has 3 fully saturated rings. The summed E-state index contributed by atoms with van der Waals surface area (Å²) in [5.41, 5.74) is 0.390. The number of nitrogens with zero attached hydrogens (tertiary/aromatic N) is 2. The Kier molecular flexibility index (Phi) is 6.21. The summed E-state index contributed by atoms with van der Waals surface area (Å²) >= 11 is 0. The van der Waals surface area contributed by atoms with Gasteiger partial charge in [0.1, 0.15) is 11.3 Å². The summed E-state index contributed by atoms with van der Waals surface area (Å²) in [5.74, 6) is 1.34. The second-order valence-electron chi connectivity index (χ2n) is 9.23. The van der Waals surface area contributed by atoms with E-state index in [-0.39, 0.29) is 23.9 Å². The zero-order valence-electron chi connectivity index (χ0n) is 18.6. The van der Waals surface area contributed by atoms with Crippen molar-refractivity contribution in [3.05, 3.63) is 29.8 Å². The summed E-state index contributed by atoms with van der Waals surface area (Å²) in [4.78, 5) is 41.5. The Morgan fingerprint density at radius 2 is 1.90 bits per heavy atom. The predicted molar refractivity (Wildman–Crippen MR) is 116 cm³/mol. The van der Waals surface area contributed by atoms with E-state index in [1.165, 1.54) is 4.90 Å². The minimum atomic E-state index is -0.679. The van der Waals surface area contributed by atoms with E-state index in [0.29, 0.717) is 31.8 Å². The lowest BCUT2D eigenvalue weighted by atomic mass is 9.98. The fourth-order valence-corrected chi connectivity index (χ4v) is 4.95. The van der Waals surface area contributed by atoms with Crippen LogP contribution in [0.1, 0.15) is 63.9 Å². The smallest absolute Gasteiger partial charge is 0.325 e. The van der Waals surface area contributed by atoms with Gasteiger partial charge in [-0.15, -0.1) is 0 Å². The first-order chi connectivity index (χ1) is 14.9. The number of imide groups is 1. The van der Waals surface area contributed by atoms with Crippen molar-refractivity contribution in [1.29, 1.82) is 0 Å². The number of ether oxygens (including phenoxy) is 1. The highest BCUT2D eigenvalue weighted by Crippen LogP contribution is 2.37. The molecular formula is C24H33N3O4. The van der Waals surface area contributed by atoms with Gasteiger partial charge < -0.3 is 15.0 Å². The van der Waals surface area contributed by atoms with Crippen LogP contribution in [-0.2, 0) is 16.1 Å². The minimum Gasteiger partial charge on any atom is -0.497 e. The molecule has 1 heterocycles. The molecule has 1 unspecified atom stereocenters. The van der Waals surface area contributed by atoms with E-state index < -0.39 is 5.54 Å². The molecule has 1 aromatic rings. The number of benzene rings is 1. The number of urea groups is 1. The van der Waals surface area contributed by atoms with Gasteiger partial charge >= 0.3 is 6.03 Å². The molecular weight excluding hydrogens is 394 g/mol. The van der Waals surface area contributed by atoms with Crippen molar-refractivity contribution in [2.45, 2.75) is 76.4 Å². The molecule has 1 atom stereocenters.